The van der Waals surface area contributed by atoms with Crippen LogP contribution in [0.3, 0.4) is 0 Å². The van der Waals surface area contributed by atoms with E-state index < -0.39 is 0 Å². The average Bonchev–Trinajstić information content (AvgIpc) is 2.96. The first-order valence-corrected chi connectivity index (χ1v) is 8.44. The summed E-state index contributed by atoms with van der Waals surface area (Å²) in [5, 5.41) is -0.0132. The van der Waals surface area contributed by atoms with Gasteiger partial charge >= 0.3 is 0 Å². The molecule has 4 nitrogen and oxygen atoms in total. The number of rotatable bonds is 5. The van der Waals surface area contributed by atoms with Crippen molar-refractivity contribution in [1.82, 2.24) is 4.90 Å². The zero-order valence-electron chi connectivity index (χ0n) is 13.2. The van der Waals surface area contributed by atoms with Crippen molar-refractivity contribution in [1.29, 1.82) is 0 Å². The van der Waals surface area contributed by atoms with Crippen molar-refractivity contribution in [2.75, 3.05) is 20.0 Å². The van der Waals surface area contributed by atoms with Crippen LogP contribution in [0.2, 0.25) is 0 Å². The van der Waals surface area contributed by atoms with Gasteiger partial charge in [-0.15, -0.1) is 11.8 Å². The lowest BCUT2D eigenvalue weighted by Gasteiger charge is -2.25. The van der Waals surface area contributed by atoms with Crippen LogP contribution < -0.4 is 9.47 Å². The summed E-state index contributed by atoms with van der Waals surface area (Å²) in [6.45, 7) is 0.582. The minimum atomic E-state index is -0.0132. The molecular formula is C18H19NO3S. The highest BCUT2D eigenvalue weighted by atomic mass is 32.2. The Morgan fingerprint density at radius 2 is 1.83 bits per heavy atom. The molecule has 1 aliphatic rings. The van der Waals surface area contributed by atoms with Gasteiger partial charge in [0, 0.05) is 12.1 Å². The van der Waals surface area contributed by atoms with Crippen LogP contribution >= 0.6 is 11.8 Å². The van der Waals surface area contributed by atoms with Crippen LogP contribution in [0.15, 0.2) is 48.5 Å². The molecule has 0 aliphatic carbocycles. The second-order valence-electron chi connectivity index (χ2n) is 5.28. The summed E-state index contributed by atoms with van der Waals surface area (Å²) in [6, 6.07) is 15.7. The summed E-state index contributed by atoms with van der Waals surface area (Å²) < 4.78 is 10.6. The lowest BCUT2D eigenvalue weighted by atomic mass is 10.1. The van der Waals surface area contributed by atoms with E-state index in [1.165, 1.54) is 0 Å². The Hall–Kier alpha value is -2.14. The van der Waals surface area contributed by atoms with Crippen molar-refractivity contribution in [2.24, 2.45) is 0 Å². The van der Waals surface area contributed by atoms with E-state index in [0.29, 0.717) is 12.3 Å². The fraction of sp³-hybridized carbons (Fsp3) is 0.278. The molecule has 0 saturated carbocycles. The number of thioether (sulfide) groups is 1. The maximum absolute atomic E-state index is 12.3. The van der Waals surface area contributed by atoms with Crippen molar-refractivity contribution in [2.45, 2.75) is 11.9 Å². The molecule has 5 heteroatoms. The molecule has 0 bridgehead atoms. The molecule has 1 amide bonds. The first-order chi connectivity index (χ1) is 11.2. The van der Waals surface area contributed by atoms with Crippen LogP contribution in [0.4, 0.5) is 0 Å². The molecule has 1 aliphatic heterocycles. The molecule has 1 saturated heterocycles. The van der Waals surface area contributed by atoms with Gasteiger partial charge in [0.1, 0.15) is 16.9 Å². The lowest BCUT2D eigenvalue weighted by Crippen LogP contribution is -2.27. The maximum atomic E-state index is 12.3. The second-order valence-corrected chi connectivity index (χ2v) is 6.34. The molecule has 23 heavy (non-hydrogen) atoms. The van der Waals surface area contributed by atoms with E-state index in [2.05, 4.69) is 0 Å². The monoisotopic (exact) mass is 329 g/mol. The normalized spacial score (nSPS) is 17.4. The van der Waals surface area contributed by atoms with Crippen LogP contribution in [0.25, 0.3) is 0 Å². The molecule has 0 spiro atoms. The minimum Gasteiger partial charge on any atom is -0.497 e. The largest absolute Gasteiger partial charge is 0.497 e. The molecule has 1 fully saturated rings. The first-order valence-electron chi connectivity index (χ1n) is 7.40. The van der Waals surface area contributed by atoms with Crippen molar-refractivity contribution in [3.8, 4) is 11.5 Å². The van der Waals surface area contributed by atoms with Crippen molar-refractivity contribution in [3.05, 3.63) is 59.7 Å². The van der Waals surface area contributed by atoms with E-state index in [4.69, 9.17) is 9.47 Å². The standard InChI is InChI=1S/C18H19NO3S/c1-21-14-9-7-13(8-10-14)11-19-17(20)12-23-18(19)15-5-3-4-6-16(15)22-2/h3-10,18H,11-12H2,1-2H3/t18-/m1/s1. The van der Waals surface area contributed by atoms with Crippen LogP contribution in [0, 0.1) is 0 Å². The summed E-state index contributed by atoms with van der Waals surface area (Å²) in [4.78, 5) is 14.2. The predicted octanol–water partition coefficient (Wildman–Crippen LogP) is 3.48. The molecule has 0 radical (unpaired) electrons. The molecule has 3 rings (SSSR count). The Morgan fingerprint density at radius 1 is 1.09 bits per heavy atom. The van der Waals surface area contributed by atoms with Gasteiger partial charge in [-0.05, 0) is 23.8 Å². The number of ether oxygens (including phenoxy) is 2. The molecule has 1 heterocycles. The Balaban J connectivity index is 1.84. The topological polar surface area (TPSA) is 38.8 Å². The van der Waals surface area contributed by atoms with Gasteiger partial charge in [0.05, 0.1) is 20.0 Å². The lowest BCUT2D eigenvalue weighted by molar-refractivity contribution is -0.128. The maximum Gasteiger partial charge on any atom is 0.234 e. The Bertz CT molecular complexity index is 687. The summed E-state index contributed by atoms with van der Waals surface area (Å²) >= 11 is 1.64. The number of carbonyl (C=O) groups excluding carboxylic acids is 1. The highest BCUT2D eigenvalue weighted by Gasteiger charge is 2.34. The predicted molar refractivity (Wildman–Crippen MR) is 91.7 cm³/mol. The fourth-order valence-corrected chi connectivity index (χ4v) is 3.89. The highest BCUT2D eigenvalue weighted by Crippen LogP contribution is 2.43. The quantitative estimate of drug-likeness (QED) is 0.842. The zero-order valence-corrected chi connectivity index (χ0v) is 14.0. The summed E-state index contributed by atoms with van der Waals surface area (Å²) in [5.74, 6) is 2.29. The Kier molecular flexibility index (Phi) is 4.76. The van der Waals surface area contributed by atoms with E-state index >= 15 is 0 Å². The molecule has 0 aromatic heterocycles. The first kappa shape index (κ1) is 15.7. The molecule has 0 N–H and O–H groups in total. The number of para-hydroxylation sites is 1. The summed E-state index contributed by atoms with van der Waals surface area (Å²) in [7, 11) is 3.31. The third kappa shape index (κ3) is 3.29. The number of hydrogen-bond acceptors (Lipinski definition) is 4. The number of benzene rings is 2. The third-order valence-corrected chi connectivity index (χ3v) is 5.12. The van der Waals surface area contributed by atoms with Crippen molar-refractivity contribution >= 4 is 17.7 Å². The minimum absolute atomic E-state index is 0.0132. The SMILES string of the molecule is COc1ccc(CN2C(=O)CS[C@@H]2c2ccccc2OC)cc1. The number of methoxy groups -OCH3 is 2. The van der Waals surface area contributed by atoms with Gasteiger partial charge < -0.3 is 14.4 Å². The van der Waals surface area contributed by atoms with E-state index in [1.54, 1.807) is 26.0 Å². The molecule has 120 valence electrons. The van der Waals surface area contributed by atoms with Gasteiger partial charge in [-0.1, -0.05) is 30.3 Å². The van der Waals surface area contributed by atoms with Gasteiger partial charge in [-0.25, -0.2) is 0 Å². The van der Waals surface area contributed by atoms with Crippen molar-refractivity contribution < 1.29 is 14.3 Å². The van der Waals surface area contributed by atoms with E-state index in [-0.39, 0.29) is 11.3 Å². The van der Waals surface area contributed by atoms with E-state index in [0.717, 1.165) is 22.6 Å². The van der Waals surface area contributed by atoms with E-state index in [1.807, 2.05) is 53.4 Å². The third-order valence-electron chi connectivity index (χ3n) is 3.89. The fourth-order valence-electron chi connectivity index (χ4n) is 2.68. The molecule has 2 aromatic carbocycles. The zero-order chi connectivity index (χ0) is 16.2. The van der Waals surface area contributed by atoms with Crippen molar-refractivity contribution in [3.63, 3.8) is 0 Å². The van der Waals surface area contributed by atoms with Gasteiger partial charge in [0.2, 0.25) is 5.91 Å². The van der Waals surface area contributed by atoms with Crippen LogP contribution in [-0.4, -0.2) is 30.8 Å². The molecular weight excluding hydrogens is 310 g/mol. The van der Waals surface area contributed by atoms with Crippen LogP contribution in [0.1, 0.15) is 16.5 Å². The number of hydrogen-bond donors (Lipinski definition) is 0. The van der Waals surface area contributed by atoms with E-state index in [9.17, 15) is 4.79 Å². The van der Waals surface area contributed by atoms with Gasteiger partial charge in [-0.2, -0.15) is 0 Å². The average molecular weight is 329 g/mol. The van der Waals surface area contributed by atoms with Crippen LogP contribution in [0.5, 0.6) is 11.5 Å². The van der Waals surface area contributed by atoms with Gasteiger partial charge in [-0.3, -0.25) is 4.79 Å². The Labute approximate surface area is 140 Å². The van der Waals surface area contributed by atoms with Crippen LogP contribution in [-0.2, 0) is 11.3 Å². The second kappa shape index (κ2) is 6.96. The summed E-state index contributed by atoms with van der Waals surface area (Å²) in [5.41, 5.74) is 2.13. The Morgan fingerprint density at radius 3 is 2.52 bits per heavy atom. The molecule has 0 unspecified atom stereocenters. The highest BCUT2D eigenvalue weighted by molar-refractivity contribution is 8.00. The van der Waals surface area contributed by atoms with Gasteiger partial charge in [0.25, 0.3) is 0 Å². The number of amides is 1. The molecule has 2 aromatic rings. The number of nitrogens with zero attached hydrogens (tertiary/aromatic N) is 1. The smallest absolute Gasteiger partial charge is 0.234 e. The van der Waals surface area contributed by atoms with Gasteiger partial charge in [0.15, 0.2) is 0 Å². The summed E-state index contributed by atoms with van der Waals surface area (Å²) in [6.07, 6.45) is 0. The molecule has 1 atom stereocenters. The number of carbonyl (C=O) groups is 1.